The maximum Gasteiger partial charge on any atom is 0.261 e. The van der Waals surface area contributed by atoms with Crippen molar-refractivity contribution in [3.8, 4) is 0 Å². The van der Waals surface area contributed by atoms with Crippen LogP contribution in [0.3, 0.4) is 0 Å². The summed E-state index contributed by atoms with van der Waals surface area (Å²) in [6.45, 7) is 7.13. The second-order valence-corrected chi connectivity index (χ2v) is 7.55. The molecule has 2 aliphatic carbocycles. The summed E-state index contributed by atoms with van der Waals surface area (Å²) in [6.07, 6.45) is 3.96. The minimum atomic E-state index is -3.73. The van der Waals surface area contributed by atoms with E-state index >= 15 is 0 Å². The topological polar surface area (TPSA) is 38.5 Å². The molecule has 0 aliphatic heterocycles. The number of benzene rings is 1. The first-order valence-electron chi connectivity index (χ1n) is 6.00. The van der Waals surface area contributed by atoms with E-state index < -0.39 is 9.05 Å². The van der Waals surface area contributed by atoms with Gasteiger partial charge in [-0.05, 0) is 48.6 Å². The first-order valence-corrected chi connectivity index (χ1v) is 8.31. The normalized spacial score (nSPS) is 19.6. The van der Waals surface area contributed by atoms with Gasteiger partial charge >= 0.3 is 0 Å². The standard InChI is InChI=1S/C13H12ClNO2S/c1-15-10-6-11(8-2-3-8)13(18(14,16)17)12(7-10)9-4-5-9/h6-9H,2-5H2. The van der Waals surface area contributed by atoms with Crippen LogP contribution in [0.4, 0.5) is 5.69 Å². The van der Waals surface area contributed by atoms with Gasteiger partial charge in [-0.1, -0.05) is 12.1 Å². The molecule has 3 nitrogen and oxygen atoms in total. The first kappa shape index (κ1) is 12.0. The second kappa shape index (κ2) is 3.97. The van der Waals surface area contributed by atoms with Gasteiger partial charge in [0.15, 0.2) is 5.69 Å². The summed E-state index contributed by atoms with van der Waals surface area (Å²) in [5.74, 6) is 0.542. The second-order valence-electron chi connectivity index (χ2n) is 5.05. The predicted octanol–water partition coefficient (Wildman–Crippen LogP) is 3.92. The predicted molar refractivity (Wildman–Crippen MR) is 69.7 cm³/mol. The van der Waals surface area contributed by atoms with Gasteiger partial charge in [-0.25, -0.2) is 13.3 Å². The highest BCUT2D eigenvalue weighted by atomic mass is 35.7. The molecule has 2 fully saturated rings. The molecule has 0 aromatic heterocycles. The summed E-state index contributed by atoms with van der Waals surface area (Å²) in [5, 5.41) is 0. The van der Waals surface area contributed by atoms with E-state index in [2.05, 4.69) is 4.85 Å². The fourth-order valence-electron chi connectivity index (χ4n) is 2.40. The van der Waals surface area contributed by atoms with Crippen molar-refractivity contribution < 1.29 is 8.42 Å². The van der Waals surface area contributed by atoms with Gasteiger partial charge in [0.05, 0.1) is 11.5 Å². The number of hydrogen-bond acceptors (Lipinski definition) is 2. The molecular formula is C13H12ClNO2S. The van der Waals surface area contributed by atoms with E-state index in [-0.39, 0.29) is 11.8 Å². The Bertz CT molecular complexity index is 619. The Morgan fingerprint density at radius 1 is 1.11 bits per heavy atom. The molecule has 0 saturated heterocycles. The summed E-state index contributed by atoms with van der Waals surface area (Å²) in [5.41, 5.74) is 2.06. The molecule has 2 saturated carbocycles. The molecule has 94 valence electrons. The number of nitrogens with zero attached hydrogens (tertiary/aromatic N) is 1. The van der Waals surface area contributed by atoms with Gasteiger partial charge in [-0.2, -0.15) is 0 Å². The maximum atomic E-state index is 11.8. The van der Waals surface area contributed by atoms with Crippen molar-refractivity contribution in [2.75, 3.05) is 0 Å². The lowest BCUT2D eigenvalue weighted by molar-refractivity contribution is 0.607. The molecule has 0 atom stereocenters. The smallest absolute Gasteiger partial charge is 0.238 e. The molecule has 0 unspecified atom stereocenters. The number of halogens is 1. The summed E-state index contributed by atoms with van der Waals surface area (Å²) in [4.78, 5) is 3.74. The summed E-state index contributed by atoms with van der Waals surface area (Å²) < 4.78 is 23.7. The Kier molecular flexibility index (Phi) is 2.65. The van der Waals surface area contributed by atoms with Crippen LogP contribution in [-0.2, 0) is 9.05 Å². The zero-order valence-corrected chi connectivity index (χ0v) is 11.3. The summed E-state index contributed by atoms with van der Waals surface area (Å²) in [7, 11) is 1.87. The first-order chi connectivity index (χ1) is 8.50. The van der Waals surface area contributed by atoms with Crippen LogP contribution in [0, 0.1) is 6.57 Å². The Labute approximate surface area is 111 Å². The zero-order chi connectivity index (χ0) is 12.9. The van der Waals surface area contributed by atoms with Crippen LogP contribution in [0.1, 0.15) is 48.6 Å². The molecule has 0 heterocycles. The van der Waals surface area contributed by atoms with Crippen LogP contribution in [0.2, 0.25) is 0 Å². The molecule has 18 heavy (non-hydrogen) atoms. The van der Waals surface area contributed by atoms with Gasteiger partial charge in [-0.3, -0.25) is 0 Å². The number of rotatable bonds is 3. The quantitative estimate of drug-likeness (QED) is 0.622. The molecule has 2 aliphatic rings. The minimum absolute atomic E-state index is 0.271. The van der Waals surface area contributed by atoms with Crippen molar-refractivity contribution in [2.45, 2.75) is 42.4 Å². The lowest BCUT2D eigenvalue weighted by atomic mass is 10.0. The Balaban J connectivity index is 2.28. The average molecular weight is 282 g/mol. The van der Waals surface area contributed by atoms with Crippen LogP contribution in [-0.4, -0.2) is 8.42 Å². The molecule has 0 N–H and O–H groups in total. The van der Waals surface area contributed by atoms with Gasteiger partial charge in [0.1, 0.15) is 0 Å². The van der Waals surface area contributed by atoms with E-state index in [0.29, 0.717) is 10.6 Å². The Hall–Kier alpha value is -1.05. The largest absolute Gasteiger partial charge is 0.261 e. The summed E-state index contributed by atoms with van der Waals surface area (Å²) >= 11 is 0. The van der Waals surface area contributed by atoms with Crippen molar-refractivity contribution in [1.29, 1.82) is 0 Å². The van der Waals surface area contributed by atoms with Crippen LogP contribution in [0.15, 0.2) is 17.0 Å². The van der Waals surface area contributed by atoms with Gasteiger partial charge in [0, 0.05) is 10.7 Å². The fourth-order valence-corrected chi connectivity index (χ4v) is 3.95. The highest BCUT2D eigenvalue weighted by molar-refractivity contribution is 8.13. The van der Waals surface area contributed by atoms with E-state index in [1.165, 1.54) is 0 Å². The van der Waals surface area contributed by atoms with Crippen LogP contribution >= 0.6 is 10.7 Å². The zero-order valence-electron chi connectivity index (χ0n) is 9.69. The SMILES string of the molecule is [C-]#[N+]c1cc(C2CC2)c(S(=O)(=O)Cl)c(C2CC2)c1. The van der Waals surface area contributed by atoms with Gasteiger partial charge in [0.25, 0.3) is 9.05 Å². The van der Waals surface area contributed by atoms with Crippen molar-refractivity contribution in [1.82, 2.24) is 0 Å². The molecule has 5 heteroatoms. The van der Waals surface area contributed by atoms with Crippen LogP contribution < -0.4 is 0 Å². The van der Waals surface area contributed by atoms with E-state index in [9.17, 15) is 8.42 Å². The Morgan fingerprint density at radius 3 is 1.83 bits per heavy atom. The van der Waals surface area contributed by atoms with Gasteiger partial charge in [0.2, 0.25) is 0 Å². The van der Waals surface area contributed by atoms with Crippen molar-refractivity contribution in [3.05, 3.63) is 34.7 Å². The highest BCUT2D eigenvalue weighted by Gasteiger charge is 2.36. The molecular weight excluding hydrogens is 270 g/mol. The third-order valence-electron chi connectivity index (χ3n) is 3.54. The van der Waals surface area contributed by atoms with E-state index in [4.69, 9.17) is 17.3 Å². The van der Waals surface area contributed by atoms with Crippen molar-refractivity contribution >= 4 is 25.4 Å². The van der Waals surface area contributed by atoms with Gasteiger partial charge in [-0.15, -0.1) is 0 Å². The van der Waals surface area contributed by atoms with Crippen LogP contribution in [0.25, 0.3) is 4.85 Å². The molecule has 1 aromatic rings. The minimum Gasteiger partial charge on any atom is -0.238 e. The third-order valence-corrected chi connectivity index (χ3v) is 4.96. The molecule has 0 radical (unpaired) electrons. The highest BCUT2D eigenvalue weighted by Crippen LogP contribution is 2.51. The monoisotopic (exact) mass is 281 g/mol. The molecule has 3 rings (SSSR count). The van der Waals surface area contributed by atoms with E-state index in [1.807, 2.05) is 0 Å². The van der Waals surface area contributed by atoms with E-state index in [0.717, 1.165) is 36.8 Å². The fraction of sp³-hybridized carbons (Fsp3) is 0.462. The van der Waals surface area contributed by atoms with Gasteiger partial charge < -0.3 is 0 Å². The third kappa shape index (κ3) is 2.13. The van der Waals surface area contributed by atoms with Crippen molar-refractivity contribution in [2.24, 2.45) is 0 Å². The van der Waals surface area contributed by atoms with Crippen molar-refractivity contribution in [3.63, 3.8) is 0 Å². The van der Waals surface area contributed by atoms with E-state index in [1.54, 1.807) is 12.1 Å². The summed E-state index contributed by atoms with van der Waals surface area (Å²) in [6, 6.07) is 3.40. The molecule has 0 spiro atoms. The molecule has 1 aromatic carbocycles. The maximum absolute atomic E-state index is 11.8. The average Bonchev–Trinajstić information content (AvgIpc) is 3.18. The molecule has 0 bridgehead atoms. The number of hydrogen-bond donors (Lipinski definition) is 0. The Morgan fingerprint density at radius 2 is 1.56 bits per heavy atom. The lowest BCUT2D eigenvalue weighted by Crippen LogP contribution is -2.02. The molecule has 0 amide bonds. The van der Waals surface area contributed by atoms with Crippen LogP contribution in [0.5, 0.6) is 0 Å². The lowest BCUT2D eigenvalue weighted by Gasteiger charge is -2.12.